The fourth-order valence-corrected chi connectivity index (χ4v) is 5.95. The van der Waals surface area contributed by atoms with E-state index < -0.39 is 17.4 Å². The highest BCUT2D eigenvalue weighted by Gasteiger charge is 2.40. The molecule has 1 aliphatic heterocycles. The molecule has 206 valence electrons. The topological polar surface area (TPSA) is 88.6 Å². The molecule has 2 atom stereocenters. The van der Waals surface area contributed by atoms with Crippen molar-refractivity contribution in [1.82, 2.24) is 9.88 Å². The van der Waals surface area contributed by atoms with Gasteiger partial charge >= 0.3 is 17.8 Å². The Bertz CT molecular complexity index is 984. The van der Waals surface area contributed by atoms with E-state index in [0.29, 0.717) is 41.1 Å². The van der Waals surface area contributed by atoms with Gasteiger partial charge in [0.25, 0.3) is 0 Å². The lowest BCUT2D eigenvalue weighted by atomic mass is 9.67. The van der Waals surface area contributed by atoms with E-state index >= 15 is 0 Å². The Morgan fingerprint density at radius 2 is 1.68 bits per heavy atom. The standard InChI is InChI=1S/C30H47N3O4/c1-19-9-14-25(21-10-12-22(13-11-21)29(3,4)5)33(18-19)28(36)27(35)32-23-15-20(2)24(31-17-23)16-26(34)37-30(6,7)8/h15,17,19,21-22,25H,9-14,16,18H2,1-8H3,(H,32,35)/t19-,21?,22?,25+/m0/s1. The second-order valence-electron chi connectivity index (χ2n) is 13.4. The Hall–Kier alpha value is -2.44. The smallest absolute Gasteiger partial charge is 0.313 e. The number of aryl methyl sites for hydroxylation is 1. The Morgan fingerprint density at radius 3 is 2.24 bits per heavy atom. The zero-order chi connectivity index (χ0) is 27.5. The van der Waals surface area contributed by atoms with Gasteiger partial charge in [0, 0.05) is 12.6 Å². The highest BCUT2D eigenvalue weighted by Crippen LogP contribution is 2.43. The molecule has 7 heteroatoms. The van der Waals surface area contributed by atoms with Crippen molar-refractivity contribution in [1.29, 1.82) is 0 Å². The van der Waals surface area contributed by atoms with Crippen molar-refractivity contribution >= 4 is 23.5 Å². The van der Waals surface area contributed by atoms with Crippen LogP contribution in [0.5, 0.6) is 0 Å². The molecule has 0 bridgehead atoms. The summed E-state index contributed by atoms with van der Waals surface area (Å²) in [5.74, 6) is 0.131. The first kappa shape index (κ1) is 29.1. The number of carbonyl (C=O) groups is 3. The number of nitrogens with zero attached hydrogens (tertiary/aromatic N) is 2. The molecule has 1 aliphatic carbocycles. The number of ether oxygens (including phenoxy) is 1. The molecule has 1 saturated carbocycles. The Labute approximate surface area is 223 Å². The largest absolute Gasteiger partial charge is 0.460 e. The molecule has 1 N–H and O–H groups in total. The van der Waals surface area contributed by atoms with E-state index in [1.807, 2.05) is 32.6 Å². The van der Waals surface area contributed by atoms with Crippen LogP contribution in [0.15, 0.2) is 12.3 Å². The van der Waals surface area contributed by atoms with Gasteiger partial charge in [0.2, 0.25) is 0 Å². The summed E-state index contributed by atoms with van der Waals surface area (Å²) in [6.07, 6.45) is 8.23. The van der Waals surface area contributed by atoms with E-state index in [2.05, 4.69) is 38.0 Å². The maximum absolute atomic E-state index is 13.4. The quantitative estimate of drug-likeness (QED) is 0.413. The highest BCUT2D eigenvalue weighted by molar-refractivity contribution is 6.39. The van der Waals surface area contributed by atoms with E-state index in [-0.39, 0.29) is 18.4 Å². The maximum atomic E-state index is 13.4. The number of nitrogens with one attached hydrogen (secondary N) is 1. The number of esters is 1. The van der Waals surface area contributed by atoms with Crippen LogP contribution in [0.2, 0.25) is 0 Å². The van der Waals surface area contributed by atoms with Crippen LogP contribution < -0.4 is 5.32 Å². The molecule has 3 rings (SSSR count). The number of carbonyl (C=O) groups excluding carboxylic acids is 3. The summed E-state index contributed by atoms with van der Waals surface area (Å²) in [6, 6.07) is 1.88. The normalized spacial score (nSPS) is 24.9. The average molecular weight is 514 g/mol. The second kappa shape index (κ2) is 11.5. The molecule has 2 fully saturated rings. The van der Waals surface area contributed by atoms with Gasteiger partial charge in [0.1, 0.15) is 5.60 Å². The molecule has 0 spiro atoms. The summed E-state index contributed by atoms with van der Waals surface area (Å²) >= 11 is 0. The first-order valence-corrected chi connectivity index (χ1v) is 13.9. The minimum absolute atomic E-state index is 0.0566. The Kier molecular flexibility index (Phi) is 9.07. The van der Waals surface area contributed by atoms with E-state index in [4.69, 9.17) is 4.74 Å². The van der Waals surface area contributed by atoms with E-state index in [1.165, 1.54) is 19.0 Å². The Morgan fingerprint density at radius 1 is 1.03 bits per heavy atom. The number of hydrogen-bond donors (Lipinski definition) is 1. The first-order valence-electron chi connectivity index (χ1n) is 13.9. The number of likely N-dealkylation sites (tertiary alicyclic amines) is 1. The van der Waals surface area contributed by atoms with Crippen molar-refractivity contribution in [3.63, 3.8) is 0 Å². The average Bonchev–Trinajstić information content (AvgIpc) is 2.78. The van der Waals surface area contributed by atoms with Crippen LogP contribution in [0.25, 0.3) is 0 Å². The molecule has 1 aromatic rings. The zero-order valence-electron chi connectivity index (χ0n) is 24.1. The molecule has 2 heterocycles. The molecule has 7 nitrogen and oxygen atoms in total. The number of hydrogen-bond acceptors (Lipinski definition) is 5. The van der Waals surface area contributed by atoms with Crippen molar-refractivity contribution in [2.75, 3.05) is 11.9 Å². The molecule has 2 amide bonds. The number of pyridine rings is 1. The summed E-state index contributed by atoms with van der Waals surface area (Å²) in [5, 5.41) is 2.76. The van der Waals surface area contributed by atoms with Crippen LogP contribution in [0.3, 0.4) is 0 Å². The van der Waals surface area contributed by atoms with Crippen molar-refractivity contribution < 1.29 is 19.1 Å². The van der Waals surface area contributed by atoms with Gasteiger partial charge in [-0.25, -0.2) is 0 Å². The summed E-state index contributed by atoms with van der Waals surface area (Å²) in [6.45, 7) is 17.1. The lowest BCUT2D eigenvalue weighted by Crippen LogP contribution is -2.53. The number of rotatable bonds is 4. The molecule has 1 saturated heterocycles. The summed E-state index contributed by atoms with van der Waals surface area (Å²) in [7, 11) is 0. The van der Waals surface area contributed by atoms with Gasteiger partial charge in [0.05, 0.1) is 24.0 Å². The number of aromatic nitrogens is 1. The first-order chi connectivity index (χ1) is 17.1. The van der Waals surface area contributed by atoms with Crippen LogP contribution in [0.4, 0.5) is 5.69 Å². The van der Waals surface area contributed by atoms with Crippen LogP contribution in [-0.2, 0) is 25.5 Å². The molecule has 0 unspecified atom stereocenters. The monoisotopic (exact) mass is 513 g/mol. The second-order valence-corrected chi connectivity index (χ2v) is 13.4. The van der Waals surface area contributed by atoms with Gasteiger partial charge in [-0.05, 0) is 101 Å². The molecule has 37 heavy (non-hydrogen) atoms. The minimum Gasteiger partial charge on any atom is -0.460 e. The fourth-order valence-electron chi connectivity index (χ4n) is 5.95. The third-order valence-corrected chi connectivity index (χ3v) is 8.04. The predicted molar refractivity (Wildman–Crippen MR) is 146 cm³/mol. The third kappa shape index (κ3) is 8.02. The molecule has 0 radical (unpaired) electrons. The van der Waals surface area contributed by atoms with Crippen molar-refractivity contribution in [3.8, 4) is 0 Å². The summed E-state index contributed by atoms with van der Waals surface area (Å²) in [4.78, 5) is 44.8. The highest BCUT2D eigenvalue weighted by atomic mass is 16.6. The zero-order valence-corrected chi connectivity index (χ0v) is 24.1. The van der Waals surface area contributed by atoms with Crippen molar-refractivity contribution in [3.05, 3.63) is 23.5 Å². The number of amides is 2. The molecule has 1 aromatic heterocycles. The summed E-state index contributed by atoms with van der Waals surface area (Å²) in [5.41, 5.74) is 1.56. The van der Waals surface area contributed by atoms with E-state index in [1.54, 1.807) is 6.07 Å². The lowest BCUT2D eigenvalue weighted by molar-refractivity contribution is -0.154. The third-order valence-electron chi connectivity index (χ3n) is 8.04. The van der Waals surface area contributed by atoms with Crippen LogP contribution in [-0.4, -0.2) is 45.9 Å². The minimum atomic E-state index is -0.622. The van der Waals surface area contributed by atoms with E-state index in [9.17, 15) is 14.4 Å². The van der Waals surface area contributed by atoms with Gasteiger partial charge in [-0.15, -0.1) is 0 Å². The molecular formula is C30H47N3O4. The SMILES string of the molecule is Cc1cc(NC(=O)C(=O)N2C[C@@H](C)CC[C@@H]2C2CCC(C(C)(C)C)CC2)cnc1CC(=O)OC(C)(C)C. The van der Waals surface area contributed by atoms with Crippen LogP contribution >= 0.6 is 0 Å². The van der Waals surface area contributed by atoms with Crippen molar-refractivity contribution in [2.45, 2.75) is 112 Å². The fraction of sp³-hybridized carbons (Fsp3) is 0.733. The predicted octanol–water partition coefficient (Wildman–Crippen LogP) is 5.69. The van der Waals surface area contributed by atoms with Gasteiger partial charge in [-0.1, -0.05) is 27.7 Å². The molecule has 2 aliphatic rings. The van der Waals surface area contributed by atoms with Crippen molar-refractivity contribution in [2.24, 2.45) is 23.2 Å². The van der Waals surface area contributed by atoms with Crippen LogP contribution in [0, 0.1) is 30.1 Å². The van der Waals surface area contributed by atoms with Crippen LogP contribution in [0.1, 0.15) is 98.2 Å². The van der Waals surface area contributed by atoms with Gasteiger partial charge < -0.3 is 15.0 Å². The Balaban J connectivity index is 1.64. The van der Waals surface area contributed by atoms with Gasteiger partial charge in [-0.3, -0.25) is 19.4 Å². The summed E-state index contributed by atoms with van der Waals surface area (Å²) < 4.78 is 5.38. The van der Waals surface area contributed by atoms with Gasteiger partial charge in [0.15, 0.2) is 0 Å². The number of piperidine rings is 1. The molecule has 0 aromatic carbocycles. The lowest BCUT2D eigenvalue weighted by Gasteiger charge is -2.46. The van der Waals surface area contributed by atoms with Gasteiger partial charge in [-0.2, -0.15) is 0 Å². The number of anilines is 1. The maximum Gasteiger partial charge on any atom is 0.313 e. The van der Waals surface area contributed by atoms with E-state index in [0.717, 1.165) is 31.2 Å². The molecular weight excluding hydrogens is 466 g/mol.